The van der Waals surface area contributed by atoms with Gasteiger partial charge in [0.05, 0.1) is 17.7 Å². The maximum absolute atomic E-state index is 13.9. The fraction of sp³-hybridized carbons (Fsp3) is 0.769. The number of pyridine rings is 1. The number of amides is 1. The van der Waals surface area contributed by atoms with Gasteiger partial charge in [-0.2, -0.15) is 0 Å². The summed E-state index contributed by atoms with van der Waals surface area (Å²) in [6.45, 7) is 11.7. The summed E-state index contributed by atoms with van der Waals surface area (Å²) in [7, 11) is 0. The Morgan fingerprint density at radius 3 is 2.53 bits per heavy atom. The highest BCUT2D eigenvalue weighted by atomic mass is 16.5. The van der Waals surface area contributed by atoms with E-state index in [-0.39, 0.29) is 12.9 Å². The van der Waals surface area contributed by atoms with Crippen molar-refractivity contribution < 1.29 is 15.7 Å². The van der Waals surface area contributed by atoms with Crippen LogP contribution >= 0.6 is 0 Å². The summed E-state index contributed by atoms with van der Waals surface area (Å²) in [5.41, 5.74) is 2.00. The molecule has 1 saturated heterocycles. The van der Waals surface area contributed by atoms with E-state index in [0.717, 1.165) is 81.7 Å². The quantitative estimate of drug-likeness (QED) is 0.705. The van der Waals surface area contributed by atoms with E-state index in [1.54, 1.807) is 0 Å². The van der Waals surface area contributed by atoms with Crippen LogP contribution in [0.4, 0.5) is 0 Å². The molecule has 0 atom stereocenters. The summed E-state index contributed by atoms with van der Waals surface area (Å²) in [5.74, 6) is 1.48. The lowest BCUT2D eigenvalue weighted by atomic mass is 9.64. The van der Waals surface area contributed by atoms with Gasteiger partial charge in [0.1, 0.15) is 5.75 Å². The van der Waals surface area contributed by atoms with Crippen molar-refractivity contribution in [1.82, 2.24) is 15.2 Å². The molecule has 32 heavy (non-hydrogen) atoms. The normalized spacial score (nSPS) is 26.9. The summed E-state index contributed by atoms with van der Waals surface area (Å²) in [5, 5.41) is 3.86. The Hall–Kier alpha value is -1.66. The number of ether oxygens (including phenoxy) is 2. The average Bonchev–Trinajstić information content (AvgIpc) is 2.79. The summed E-state index contributed by atoms with van der Waals surface area (Å²) in [4.78, 5) is 20.6. The molecule has 6 heteroatoms. The number of carbonyl (C=O) groups excluding carboxylic acids is 1. The molecule has 2 fully saturated rings. The van der Waals surface area contributed by atoms with Crippen LogP contribution in [0.3, 0.4) is 0 Å². The zero-order chi connectivity index (χ0) is 22.7. The van der Waals surface area contributed by atoms with Crippen LogP contribution in [0.15, 0.2) is 12.3 Å². The number of nitrogens with one attached hydrogen (secondary N) is 1. The van der Waals surface area contributed by atoms with Gasteiger partial charge in [-0.3, -0.25) is 9.78 Å². The zero-order valence-corrected chi connectivity index (χ0v) is 20.4. The maximum atomic E-state index is 13.9. The SMILES string of the molecule is CC(C)Oc1cnc2c(c1)CN(C(=O)C1(C(C)C)CCC(NC3CCOCC3)CC1)CC2.[HH]. The van der Waals surface area contributed by atoms with Crippen molar-refractivity contribution in [3.05, 3.63) is 23.5 Å². The predicted octanol–water partition coefficient (Wildman–Crippen LogP) is 4.35. The molecule has 3 aliphatic rings. The van der Waals surface area contributed by atoms with E-state index in [0.29, 0.717) is 30.5 Å². The van der Waals surface area contributed by atoms with E-state index in [2.05, 4.69) is 35.1 Å². The first-order chi connectivity index (χ1) is 15.4. The van der Waals surface area contributed by atoms with Crippen molar-refractivity contribution in [2.75, 3.05) is 19.8 Å². The first kappa shape index (κ1) is 23.5. The van der Waals surface area contributed by atoms with Crippen LogP contribution in [-0.2, 0) is 22.5 Å². The fourth-order valence-electron chi connectivity index (χ4n) is 5.76. The average molecular weight is 446 g/mol. The minimum atomic E-state index is -0.245. The lowest BCUT2D eigenvalue weighted by molar-refractivity contribution is -0.149. The second-order valence-corrected chi connectivity index (χ2v) is 10.6. The monoisotopic (exact) mass is 445 g/mol. The van der Waals surface area contributed by atoms with Crippen LogP contribution in [0.25, 0.3) is 0 Å². The van der Waals surface area contributed by atoms with E-state index in [1.165, 1.54) is 0 Å². The van der Waals surface area contributed by atoms with Crippen molar-refractivity contribution in [3.8, 4) is 5.75 Å². The molecule has 1 N–H and O–H groups in total. The van der Waals surface area contributed by atoms with Gasteiger partial charge in [-0.05, 0) is 69.9 Å². The molecule has 0 aromatic carbocycles. The van der Waals surface area contributed by atoms with Crippen LogP contribution in [0.5, 0.6) is 5.75 Å². The van der Waals surface area contributed by atoms with Gasteiger partial charge in [0.25, 0.3) is 0 Å². The van der Waals surface area contributed by atoms with E-state index in [1.807, 2.05) is 20.0 Å². The molecule has 0 unspecified atom stereocenters. The Bertz CT molecular complexity index is 787. The van der Waals surface area contributed by atoms with Crippen molar-refractivity contribution in [3.63, 3.8) is 0 Å². The number of rotatable bonds is 6. The molecule has 0 spiro atoms. The lowest BCUT2D eigenvalue weighted by Crippen LogP contribution is -2.53. The van der Waals surface area contributed by atoms with E-state index in [9.17, 15) is 4.79 Å². The molecule has 6 nitrogen and oxygen atoms in total. The number of carbonyl (C=O) groups is 1. The maximum Gasteiger partial charge on any atom is 0.229 e. The number of aromatic nitrogens is 1. The highest BCUT2D eigenvalue weighted by Crippen LogP contribution is 2.45. The van der Waals surface area contributed by atoms with Crippen LogP contribution in [-0.4, -0.2) is 53.7 Å². The summed E-state index contributed by atoms with van der Waals surface area (Å²) < 4.78 is 11.3. The number of fused-ring (bicyclic) bond motifs is 1. The molecular formula is C26H43N3O3. The predicted molar refractivity (Wildman–Crippen MR) is 128 cm³/mol. The second kappa shape index (κ2) is 10.1. The minimum Gasteiger partial charge on any atom is -0.489 e. The molecule has 2 aliphatic heterocycles. The first-order valence-electron chi connectivity index (χ1n) is 12.6. The minimum absolute atomic E-state index is 0. The third-order valence-electron chi connectivity index (χ3n) is 7.78. The summed E-state index contributed by atoms with van der Waals surface area (Å²) >= 11 is 0. The van der Waals surface area contributed by atoms with Crippen molar-refractivity contribution in [2.45, 2.75) is 97.4 Å². The fourth-order valence-corrected chi connectivity index (χ4v) is 5.76. The van der Waals surface area contributed by atoms with Crippen molar-refractivity contribution >= 4 is 5.91 Å². The Balaban J connectivity index is 0.00000306. The van der Waals surface area contributed by atoms with E-state index in [4.69, 9.17) is 9.47 Å². The molecule has 1 aromatic rings. The Kier molecular flexibility index (Phi) is 7.40. The van der Waals surface area contributed by atoms with Gasteiger partial charge < -0.3 is 19.7 Å². The van der Waals surface area contributed by atoms with Crippen molar-refractivity contribution in [2.24, 2.45) is 11.3 Å². The largest absolute Gasteiger partial charge is 0.489 e. The van der Waals surface area contributed by atoms with Crippen LogP contribution in [0.2, 0.25) is 0 Å². The Labute approximate surface area is 194 Å². The van der Waals surface area contributed by atoms with Gasteiger partial charge in [0.15, 0.2) is 0 Å². The van der Waals surface area contributed by atoms with Crippen molar-refractivity contribution in [1.29, 1.82) is 0 Å². The molecule has 0 radical (unpaired) electrons. The third-order valence-corrected chi connectivity index (χ3v) is 7.78. The third kappa shape index (κ3) is 5.12. The molecule has 1 saturated carbocycles. The standard InChI is InChI=1S/C26H41N3O3.H2/c1-18(2)26(10-5-21(6-11-26)28-22-8-13-31-14-9-22)25(30)29-12-7-24-20(17-29)15-23(16-27-24)32-19(3)4;/h15-16,18-19,21-22,28H,5-14,17H2,1-4H3;1H. The van der Waals surface area contributed by atoms with Crippen LogP contribution in [0, 0.1) is 11.3 Å². The molecule has 1 amide bonds. The smallest absolute Gasteiger partial charge is 0.229 e. The van der Waals surface area contributed by atoms with Gasteiger partial charge in [-0.25, -0.2) is 0 Å². The topological polar surface area (TPSA) is 63.7 Å². The first-order valence-corrected chi connectivity index (χ1v) is 12.6. The van der Waals surface area contributed by atoms with Crippen LogP contribution in [0.1, 0.15) is 78.9 Å². The number of hydrogen-bond donors (Lipinski definition) is 1. The Morgan fingerprint density at radius 2 is 1.88 bits per heavy atom. The van der Waals surface area contributed by atoms with Gasteiger partial charge in [0, 0.05) is 51.9 Å². The van der Waals surface area contributed by atoms with Gasteiger partial charge in [-0.1, -0.05) is 13.8 Å². The van der Waals surface area contributed by atoms with Gasteiger partial charge >= 0.3 is 0 Å². The molecule has 4 rings (SSSR count). The molecule has 1 aliphatic carbocycles. The second-order valence-electron chi connectivity index (χ2n) is 10.6. The van der Waals surface area contributed by atoms with E-state index < -0.39 is 0 Å². The molecular weight excluding hydrogens is 402 g/mol. The van der Waals surface area contributed by atoms with Gasteiger partial charge in [-0.15, -0.1) is 0 Å². The highest BCUT2D eigenvalue weighted by Gasteiger charge is 2.46. The van der Waals surface area contributed by atoms with Crippen LogP contribution < -0.4 is 10.1 Å². The summed E-state index contributed by atoms with van der Waals surface area (Å²) in [6.07, 6.45) is 9.09. The number of hydrogen-bond acceptors (Lipinski definition) is 5. The molecule has 1 aromatic heterocycles. The molecule has 180 valence electrons. The van der Waals surface area contributed by atoms with Gasteiger partial charge in [0.2, 0.25) is 5.91 Å². The van der Waals surface area contributed by atoms with E-state index >= 15 is 0 Å². The summed E-state index contributed by atoms with van der Waals surface area (Å²) in [6, 6.07) is 3.18. The number of nitrogens with zero attached hydrogens (tertiary/aromatic N) is 2. The molecule has 0 bridgehead atoms. The Morgan fingerprint density at radius 1 is 1.19 bits per heavy atom. The molecule has 3 heterocycles. The lowest BCUT2D eigenvalue weighted by Gasteiger charge is -2.46. The highest BCUT2D eigenvalue weighted by molar-refractivity contribution is 5.83. The zero-order valence-electron chi connectivity index (χ0n) is 20.4.